The number of pyridine rings is 2. The number of hydrogen-bond acceptors (Lipinski definition) is 6. The number of alkyl halides is 2. The lowest BCUT2D eigenvalue weighted by Crippen LogP contribution is -2.41. The van der Waals surface area contributed by atoms with Crippen LogP contribution >= 0.6 is 0 Å². The highest BCUT2D eigenvalue weighted by Gasteiger charge is 2.50. The number of ether oxygens (including phenoxy) is 1. The van der Waals surface area contributed by atoms with Gasteiger partial charge < -0.3 is 10.5 Å². The molecule has 3 aromatic rings. The fraction of sp³-hybridized carbons (Fsp3) is 0.250. The van der Waals surface area contributed by atoms with Crippen molar-refractivity contribution in [1.82, 2.24) is 14.9 Å². The van der Waals surface area contributed by atoms with Gasteiger partial charge in [-0.1, -0.05) is 6.07 Å². The van der Waals surface area contributed by atoms with E-state index in [9.17, 15) is 13.6 Å². The van der Waals surface area contributed by atoms with Crippen molar-refractivity contribution in [2.75, 3.05) is 7.05 Å². The van der Waals surface area contributed by atoms with Gasteiger partial charge in [0.2, 0.25) is 0 Å². The molecule has 1 aromatic carbocycles. The molecular weight excluding hydrogens is 428 g/mol. The molecule has 168 valence electrons. The molecule has 33 heavy (non-hydrogen) atoms. The van der Waals surface area contributed by atoms with Crippen LogP contribution in [0.4, 0.5) is 8.78 Å². The minimum atomic E-state index is -2.80. The Bertz CT molecular complexity index is 1250. The number of aliphatic imine (C=N–C) groups is 1. The van der Waals surface area contributed by atoms with Crippen LogP contribution in [0.15, 0.2) is 65.9 Å². The highest BCUT2D eigenvalue weighted by atomic mass is 19.3. The maximum atomic E-state index is 13.6. The van der Waals surface area contributed by atoms with Crippen molar-refractivity contribution in [3.63, 3.8) is 0 Å². The molecule has 1 amide bonds. The summed E-state index contributed by atoms with van der Waals surface area (Å²) < 4.78 is 33.0. The Labute approximate surface area is 188 Å². The molecule has 0 radical (unpaired) electrons. The third-order valence-corrected chi connectivity index (χ3v) is 5.77. The standard InChI is InChI=1S/C24H21F2N5O2/c1-31-22(32)24(30-23(31)27,15-7-9-29-20(13-15)21(25)26)16-10-14(19-4-2-3-8-28-19)11-18(12-16)33-17-5-6-17/h2-4,7-13,17,21H,5-6H2,1H3,(H2,27,30). The number of amides is 1. The first-order valence-electron chi connectivity index (χ1n) is 10.5. The van der Waals surface area contributed by atoms with E-state index in [1.54, 1.807) is 24.4 Å². The first-order chi connectivity index (χ1) is 15.9. The monoisotopic (exact) mass is 449 g/mol. The summed E-state index contributed by atoms with van der Waals surface area (Å²) in [5, 5.41) is 0. The summed E-state index contributed by atoms with van der Waals surface area (Å²) in [4.78, 5) is 27.5. The Kier molecular flexibility index (Phi) is 5.03. The van der Waals surface area contributed by atoms with Crippen LogP contribution in [0, 0.1) is 0 Å². The minimum absolute atomic E-state index is 0.0108. The third-order valence-electron chi connectivity index (χ3n) is 5.77. The molecule has 7 nitrogen and oxygen atoms in total. The summed E-state index contributed by atoms with van der Waals surface area (Å²) in [7, 11) is 1.50. The number of carbonyl (C=O) groups excluding carboxylic acids is 1. The summed E-state index contributed by atoms with van der Waals surface area (Å²) >= 11 is 0. The first-order valence-corrected chi connectivity index (χ1v) is 10.5. The normalized spacial score (nSPS) is 20.3. The van der Waals surface area contributed by atoms with E-state index in [1.807, 2.05) is 18.2 Å². The van der Waals surface area contributed by atoms with Crippen LogP contribution in [0.3, 0.4) is 0 Å². The van der Waals surface area contributed by atoms with Gasteiger partial charge in [-0.05, 0) is 66.4 Å². The number of likely N-dealkylation sites (N-methyl/N-ethyl adjacent to an activating group) is 1. The summed E-state index contributed by atoms with van der Waals surface area (Å²) in [5.74, 6) is 0.0829. The van der Waals surface area contributed by atoms with Crippen LogP contribution in [0.1, 0.15) is 36.1 Å². The smallest absolute Gasteiger partial charge is 0.280 e. The van der Waals surface area contributed by atoms with Gasteiger partial charge in [-0.2, -0.15) is 0 Å². The Morgan fingerprint density at radius 3 is 2.55 bits per heavy atom. The number of nitrogens with zero attached hydrogens (tertiary/aromatic N) is 4. The quantitative estimate of drug-likeness (QED) is 0.620. The van der Waals surface area contributed by atoms with Gasteiger partial charge in [0.15, 0.2) is 11.5 Å². The van der Waals surface area contributed by atoms with E-state index in [-0.39, 0.29) is 17.6 Å². The van der Waals surface area contributed by atoms with Gasteiger partial charge in [0, 0.05) is 25.0 Å². The predicted molar refractivity (Wildman–Crippen MR) is 118 cm³/mol. The Morgan fingerprint density at radius 1 is 1.09 bits per heavy atom. The molecule has 3 heterocycles. The van der Waals surface area contributed by atoms with Crippen molar-refractivity contribution in [2.24, 2.45) is 10.7 Å². The largest absolute Gasteiger partial charge is 0.490 e. The van der Waals surface area contributed by atoms with E-state index in [0.29, 0.717) is 22.6 Å². The maximum Gasteiger partial charge on any atom is 0.280 e. The van der Waals surface area contributed by atoms with Crippen molar-refractivity contribution >= 4 is 11.9 Å². The molecule has 0 bridgehead atoms. The van der Waals surface area contributed by atoms with Gasteiger partial charge in [-0.25, -0.2) is 13.8 Å². The van der Waals surface area contributed by atoms with Crippen molar-refractivity contribution < 1.29 is 18.3 Å². The number of halogens is 2. The van der Waals surface area contributed by atoms with Gasteiger partial charge in [0.25, 0.3) is 12.3 Å². The molecule has 2 aromatic heterocycles. The Morgan fingerprint density at radius 2 is 1.91 bits per heavy atom. The molecule has 1 aliphatic heterocycles. The van der Waals surface area contributed by atoms with Crippen LogP contribution in [0.25, 0.3) is 11.3 Å². The molecule has 2 N–H and O–H groups in total. The summed E-state index contributed by atoms with van der Waals surface area (Å²) in [6.45, 7) is 0. The second-order valence-electron chi connectivity index (χ2n) is 8.09. The third kappa shape index (κ3) is 3.69. The van der Waals surface area contributed by atoms with Gasteiger partial charge >= 0.3 is 0 Å². The molecule has 9 heteroatoms. The lowest BCUT2D eigenvalue weighted by Gasteiger charge is -2.27. The number of hydrogen-bond donors (Lipinski definition) is 1. The summed E-state index contributed by atoms with van der Waals surface area (Å²) in [6.07, 6.45) is 2.12. The van der Waals surface area contributed by atoms with E-state index in [2.05, 4.69) is 15.0 Å². The zero-order chi connectivity index (χ0) is 23.2. The molecule has 1 unspecified atom stereocenters. The first kappa shape index (κ1) is 21.0. The number of guanidine groups is 1. The van der Waals surface area contributed by atoms with E-state index >= 15 is 0 Å². The van der Waals surface area contributed by atoms with E-state index in [4.69, 9.17) is 10.5 Å². The molecule has 5 rings (SSSR count). The second-order valence-corrected chi connectivity index (χ2v) is 8.09. The number of nitrogens with two attached hydrogens (primary N) is 1. The van der Waals surface area contributed by atoms with Crippen LogP contribution in [0.2, 0.25) is 0 Å². The van der Waals surface area contributed by atoms with Crippen molar-refractivity contribution in [1.29, 1.82) is 0 Å². The van der Waals surface area contributed by atoms with Gasteiger partial charge in [-0.3, -0.25) is 19.7 Å². The van der Waals surface area contributed by atoms with Crippen LogP contribution in [0.5, 0.6) is 5.75 Å². The van der Waals surface area contributed by atoms with Crippen molar-refractivity contribution in [3.05, 3.63) is 77.7 Å². The molecule has 1 fully saturated rings. The van der Waals surface area contributed by atoms with Crippen LogP contribution < -0.4 is 10.5 Å². The molecule has 1 saturated carbocycles. The number of aromatic nitrogens is 2. The molecule has 2 aliphatic rings. The predicted octanol–water partition coefficient (Wildman–Crippen LogP) is 3.65. The molecule has 1 atom stereocenters. The number of carbonyl (C=O) groups is 1. The second kappa shape index (κ2) is 7.91. The number of benzene rings is 1. The van der Waals surface area contributed by atoms with Crippen LogP contribution in [-0.2, 0) is 10.3 Å². The van der Waals surface area contributed by atoms with Crippen molar-refractivity contribution in [2.45, 2.75) is 30.9 Å². The van der Waals surface area contributed by atoms with Gasteiger partial charge in [-0.15, -0.1) is 0 Å². The molecule has 0 spiro atoms. The highest BCUT2D eigenvalue weighted by molar-refractivity contribution is 6.09. The average molecular weight is 449 g/mol. The van der Waals surface area contributed by atoms with E-state index < -0.39 is 23.6 Å². The van der Waals surface area contributed by atoms with Gasteiger partial charge in [0.05, 0.1) is 11.8 Å². The van der Waals surface area contributed by atoms with Gasteiger partial charge in [0.1, 0.15) is 11.4 Å². The maximum absolute atomic E-state index is 13.6. The SMILES string of the molecule is CN1C(=O)C(c2cc(OC3CC3)cc(-c3ccccn3)c2)(c2ccnc(C(F)F)c2)N=C1N. The lowest BCUT2D eigenvalue weighted by atomic mass is 9.82. The lowest BCUT2D eigenvalue weighted by molar-refractivity contribution is -0.129. The number of rotatable bonds is 6. The summed E-state index contributed by atoms with van der Waals surface area (Å²) in [6, 6.07) is 13.6. The zero-order valence-electron chi connectivity index (χ0n) is 17.8. The minimum Gasteiger partial charge on any atom is -0.490 e. The van der Waals surface area contributed by atoms with E-state index in [1.165, 1.54) is 30.3 Å². The zero-order valence-corrected chi connectivity index (χ0v) is 17.8. The highest BCUT2D eigenvalue weighted by Crippen LogP contribution is 2.43. The van der Waals surface area contributed by atoms with Crippen LogP contribution in [-0.4, -0.2) is 39.9 Å². The van der Waals surface area contributed by atoms with Crippen molar-refractivity contribution in [3.8, 4) is 17.0 Å². The Hall–Kier alpha value is -3.88. The fourth-order valence-corrected chi connectivity index (χ4v) is 3.91. The molecule has 0 saturated heterocycles. The Balaban J connectivity index is 1.75. The van der Waals surface area contributed by atoms with E-state index in [0.717, 1.165) is 12.8 Å². The fourth-order valence-electron chi connectivity index (χ4n) is 3.91. The molecular formula is C24H21F2N5O2. The molecule has 1 aliphatic carbocycles. The summed E-state index contributed by atoms with van der Waals surface area (Å²) in [5.41, 5.74) is 6.03. The average Bonchev–Trinajstić information content (AvgIpc) is 3.62. The topological polar surface area (TPSA) is 93.7 Å².